The highest BCUT2D eigenvalue weighted by atomic mass is 16.6. The number of hydrogen-bond donors (Lipinski definition) is 0. The standard InChI is InChI=1S/C17H24O2/c1-16(2)13-5-7-17(16,8-6-13)19-15(18)14-10-11-3-4-12(14)9-11/h3-4,11-14H,5-10H2,1-2H3. The first-order valence-corrected chi connectivity index (χ1v) is 7.93. The second-order valence-corrected chi connectivity index (χ2v) is 7.80. The molecule has 3 atom stereocenters. The number of carbonyl (C=O) groups is 1. The van der Waals surface area contributed by atoms with Crippen LogP contribution < -0.4 is 0 Å². The van der Waals surface area contributed by atoms with Gasteiger partial charge in [-0.15, -0.1) is 0 Å². The third-order valence-electron chi connectivity index (χ3n) is 6.87. The van der Waals surface area contributed by atoms with Crippen LogP contribution in [0.25, 0.3) is 0 Å². The Morgan fingerprint density at radius 2 is 1.89 bits per heavy atom. The molecule has 19 heavy (non-hydrogen) atoms. The van der Waals surface area contributed by atoms with E-state index in [9.17, 15) is 4.79 Å². The Morgan fingerprint density at radius 1 is 1.16 bits per heavy atom. The molecule has 4 rings (SSSR count). The normalized spacial score (nSPS) is 48.9. The number of hydrogen-bond acceptors (Lipinski definition) is 2. The number of allylic oxidation sites excluding steroid dienone is 2. The molecule has 0 saturated heterocycles. The molecule has 2 nitrogen and oxygen atoms in total. The molecule has 0 radical (unpaired) electrons. The number of fused-ring (bicyclic) bond motifs is 4. The molecule has 0 spiro atoms. The first kappa shape index (κ1) is 12.0. The highest BCUT2D eigenvalue weighted by molar-refractivity contribution is 5.74. The van der Waals surface area contributed by atoms with E-state index in [0.717, 1.165) is 25.2 Å². The topological polar surface area (TPSA) is 26.3 Å². The Labute approximate surface area is 115 Å². The Morgan fingerprint density at radius 3 is 2.37 bits per heavy atom. The molecular weight excluding hydrogens is 236 g/mol. The zero-order valence-electron chi connectivity index (χ0n) is 12.0. The van der Waals surface area contributed by atoms with Gasteiger partial charge in [0.2, 0.25) is 0 Å². The van der Waals surface area contributed by atoms with Crippen LogP contribution in [0.4, 0.5) is 0 Å². The number of esters is 1. The smallest absolute Gasteiger partial charge is 0.310 e. The first-order chi connectivity index (χ1) is 9.02. The van der Waals surface area contributed by atoms with Gasteiger partial charge in [0.15, 0.2) is 0 Å². The highest BCUT2D eigenvalue weighted by Crippen LogP contribution is 2.62. The van der Waals surface area contributed by atoms with Crippen molar-refractivity contribution in [3.8, 4) is 0 Å². The summed E-state index contributed by atoms with van der Waals surface area (Å²) in [5.41, 5.74) is 0.0520. The average molecular weight is 260 g/mol. The number of rotatable bonds is 2. The van der Waals surface area contributed by atoms with Crippen molar-refractivity contribution in [2.24, 2.45) is 29.1 Å². The summed E-state index contributed by atoms with van der Waals surface area (Å²) in [5.74, 6) is 2.14. The van der Waals surface area contributed by atoms with E-state index in [-0.39, 0.29) is 22.9 Å². The van der Waals surface area contributed by atoms with Crippen LogP contribution in [-0.2, 0) is 9.53 Å². The van der Waals surface area contributed by atoms with E-state index in [4.69, 9.17) is 4.74 Å². The third-order valence-corrected chi connectivity index (χ3v) is 6.87. The van der Waals surface area contributed by atoms with Gasteiger partial charge in [0.1, 0.15) is 5.60 Å². The van der Waals surface area contributed by atoms with Crippen LogP contribution in [0.15, 0.2) is 12.2 Å². The van der Waals surface area contributed by atoms with E-state index in [0.29, 0.717) is 11.8 Å². The second-order valence-electron chi connectivity index (χ2n) is 7.80. The lowest BCUT2D eigenvalue weighted by molar-refractivity contribution is -0.174. The Bertz CT molecular complexity index is 440. The summed E-state index contributed by atoms with van der Waals surface area (Å²) in [6.45, 7) is 4.62. The van der Waals surface area contributed by atoms with Crippen LogP contribution in [0.2, 0.25) is 0 Å². The predicted octanol–water partition coefficient (Wildman–Crippen LogP) is 3.71. The van der Waals surface area contributed by atoms with Crippen molar-refractivity contribution in [2.75, 3.05) is 0 Å². The SMILES string of the molecule is CC1(C)C2CCC1(OC(=O)C1CC3C=CC1C3)CC2. The van der Waals surface area contributed by atoms with Gasteiger partial charge in [-0.25, -0.2) is 0 Å². The predicted molar refractivity (Wildman–Crippen MR) is 73.4 cm³/mol. The summed E-state index contributed by atoms with van der Waals surface area (Å²) in [6.07, 6.45) is 11.4. The van der Waals surface area contributed by atoms with Crippen molar-refractivity contribution in [2.45, 2.75) is 58.0 Å². The second kappa shape index (κ2) is 3.65. The van der Waals surface area contributed by atoms with Gasteiger partial charge in [-0.2, -0.15) is 0 Å². The largest absolute Gasteiger partial charge is 0.458 e. The zero-order chi connectivity index (χ0) is 13.3. The lowest BCUT2D eigenvalue weighted by Gasteiger charge is -2.38. The van der Waals surface area contributed by atoms with Gasteiger partial charge in [0, 0.05) is 5.41 Å². The van der Waals surface area contributed by atoms with E-state index in [1.807, 2.05) is 0 Å². The summed E-state index contributed by atoms with van der Waals surface area (Å²) >= 11 is 0. The van der Waals surface area contributed by atoms with Crippen LogP contribution >= 0.6 is 0 Å². The van der Waals surface area contributed by atoms with Gasteiger partial charge in [-0.3, -0.25) is 4.79 Å². The fourth-order valence-electron chi connectivity index (χ4n) is 5.38. The van der Waals surface area contributed by atoms with Gasteiger partial charge in [0.25, 0.3) is 0 Å². The molecule has 0 aliphatic heterocycles. The summed E-state index contributed by atoms with van der Waals surface area (Å²) < 4.78 is 6.17. The van der Waals surface area contributed by atoms with E-state index >= 15 is 0 Å². The minimum absolute atomic E-state index is 0.104. The zero-order valence-corrected chi connectivity index (χ0v) is 12.0. The molecule has 0 aromatic rings. The molecule has 0 aromatic heterocycles. The summed E-state index contributed by atoms with van der Waals surface area (Å²) in [4.78, 5) is 12.6. The Kier molecular flexibility index (Phi) is 2.30. The van der Waals surface area contributed by atoms with Crippen molar-refractivity contribution in [1.82, 2.24) is 0 Å². The Balaban J connectivity index is 1.53. The van der Waals surface area contributed by atoms with Crippen molar-refractivity contribution in [3.63, 3.8) is 0 Å². The van der Waals surface area contributed by atoms with Crippen LogP contribution in [0, 0.1) is 29.1 Å². The van der Waals surface area contributed by atoms with Gasteiger partial charge >= 0.3 is 5.97 Å². The fourth-order valence-corrected chi connectivity index (χ4v) is 5.38. The molecule has 4 aliphatic rings. The fraction of sp³-hybridized carbons (Fsp3) is 0.824. The van der Waals surface area contributed by atoms with Crippen molar-refractivity contribution in [1.29, 1.82) is 0 Å². The maximum atomic E-state index is 12.6. The first-order valence-electron chi connectivity index (χ1n) is 7.93. The molecule has 2 heteroatoms. The van der Waals surface area contributed by atoms with E-state index < -0.39 is 0 Å². The maximum absolute atomic E-state index is 12.6. The van der Waals surface area contributed by atoms with Crippen molar-refractivity contribution >= 4 is 5.97 Å². The van der Waals surface area contributed by atoms with Gasteiger partial charge in [-0.1, -0.05) is 26.0 Å². The van der Waals surface area contributed by atoms with Gasteiger partial charge < -0.3 is 4.74 Å². The van der Waals surface area contributed by atoms with E-state index in [1.165, 1.54) is 19.3 Å². The molecule has 104 valence electrons. The van der Waals surface area contributed by atoms with Crippen LogP contribution in [0.3, 0.4) is 0 Å². The molecule has 3 fully saturated rings. The number of ether oxygens (including phenoxy) is 1. The van der Waals surface area contributed by atoms with Crippen LogP contribution in [-0.4, -0.2) is 11.6 Å². The Hall–Kier alpha value is -0.790. The molecule has 0 N–H and O–H groups in total. The molecule has 3 unspecified atom stereocenters. The van der Waals surface area contributed by atoms with Gasteiger partial charge in [-0.05, 0) is 56.3 Å². The van der Waals surface area contributed by atoms with E-state index in [1.54, 1.807) is 0 Å². The lowest BCUT2D eigenvalue weighted by atomic mass is 9.78. The summed E-state index contributed by atoms with van der Waals surface area (Å²) in [5, 5.41) is 0. The summed E-state index contributed by atoms with van der Waals surface area (Å²) in [7, 11) is 0. The molecule has 4 aliphatic carbocycles. The van der Waals surface area contributed by atoms with Crippen molar-refractivity contribution in [3.05, 3.63) is 12.2 Å². The highest BCUT2D eigenvalue weighted by Gasteiger charge is 2.62. The van der Waals surface area contributed by atoms with Crippen molar-refractivity contribution < 1.29 is 9.53 Å². The monoisotopic (exact) mass is 260 g/mol. The summed E-state index contributed by atoms with van der Waals surface area (Å²) in [6, 6.07) is 0. The average Bonchev–Trinajstić information content (AvgIpc) is 3.10. The lowest BCUT2D eigenvalue weighted by Crippen LogP contribution is -2.43. The van der Waals surface area contributed by atoms with Crippen LogP contribution in [0.1, 0.15) is 52.4 Å². The molecular formula is C17H24O2. The third kappa shape index (κ3) is 1.46. The maximum Gasteiger partial charge on any atom is 0.310 e. The minimum atomic E-state index is -0.139. The quantitative estimate of drug-likeness (QED) is 0.559. The van der Waals surface area contributed by atoms with E-state index in [2.05, 4.69) is 26.0 Å². The number of carbonyl (C=O) groups excluding carboxylic acids is 1. The molecule has 4 bridgehead atoms. The molecule has 0 aromatic carbocycles. The minimum Gasteiger partial charge on any atom is -0.458 e. The van der Waals surface area contributed by atoms with Gasteiger partial charge in [0.05, 0.1) is 5.92 Å². The molecule has 0 heterocycles. The van der Waals surface area contributed by atoms with Crippen LogP contribution in [0.5, 0.6) is 0 Å². The molecule has 3 saturated carbocycles. The molecule has 0 amide bonds.